The summed E-state index contributed by atoms with van der Waals surface area (Å²) in [5.74, 6) is 3.44. The lowest BCUT2D eigenvalue weighted by molar-refractivity contribution is -0.384. The topological polar surface area (TPSA) is 83.3 Å². The van der Waals surface area contributed by atoms with Gasteiger partial charge in [0.25, 0.3) is 5.69 Å². The maximum atomic E-state index is 10.9. The van der Waals surface area contributed by atoms with Crippen molar-refractivity contribution in [3.05, 3.63) is 22.2 Å². The van der Waals surface area contributed by atoms with Crippen LogP contribution < -0.4 is 10.6 Å². The van der Waals surface area contributed by atoms with Crippen molar-refractivity contribution in [2.24, 2.45) is 0 Å². The van der Waals surface area contributed by atoms with Gasteiger partial charge in [0.05, 0.1) is 17.1 Å². The lowest BCUT2D eigenvalue weighted by atomic mass is 10.3. The Bertz CT molecular complexity index is 480. The summed E-state index contributed by atoms with van der Waals surface area (Å²) in [5, 5.41) is 17.1. The number of rotatable bonds is 7. The summed E-state index contributed by atoms with van der Waals surface area (Å²) in [6.07, 6.45) is 0. The van der Waals surface area contributed by atoms with Gasteiger partial charge in [-0.3, -0.25) is 15.0 Å². The highest BCUT2D eigenvalue weighted by Gasteiger charge is 2.12. The van der Waals surface area contributed by atoms with E-state index in [1.165, 1.54) is 23.6 Å². The van der Waals surface area contributed by atoms with Gasteiger partial charge in [-0.1, -0.05) is 0 Å². The van der Waals surface area contributed by atoms with E-state index in [1.54, 1.807) is 0 Å². The number of aromatic nitrogens is 1. The Balaban J connectivity index is 1.92. The van der Waals surface area contributed by atoms with Crippen molar-refractivity contribution < 1.29 is 4.92 Å². The summed E-state index contributed by atoms with van der Waals surface area (Å²) in [6.45, 7) is 6.50. The first-order valence-corrected chi connectivity index (χ1v) is 8.29. The van der Waals surface area contributed by atoms with Crippen LogP contribution in [0.4, 0.5) is 17.3 Å². The second-order valence-corrected chi connectivity index (χ2v) is 5.99. The molecule has 1 aromatic rings. The third-order valence-electron chi connectivity index (χ3n) is 3.22. The van der Waals surface area contributed by atoms with Gasteiger partial charge in [0.15, 0.2) is 0 Å². The second-order valence-electron chi connectivity index (χ2n) is 4.76. The average Bonchev–Trinajstić information content (AvgIpc) is 2.48. The zero-order valence-corrected chi connectivity index (χ0v) is 13.0. The van der Waals surface area contributed by atoms with Crippen LogP contribution >= 0.6 is 11.8 Å². The predicted molar refractivity (Wildman–Crippen MR) is 87.3 cm³/mol. The van der Waals surface area contributed by atoms with Crippen LogP contribution in [0.5, 0.6) is 0 Å². The molecule has 0 spiro atoms. The van der Waals surface area contributed by atoms with Crippen LogP contribution in [0.2, 0.25) is 0 Å². The van der Waals surface area contributed by atoms with Crippen molar-refractivity contribution in [1.29, 1.82) is 0 Å². The van der Waals surface area contributed by atoms with Gasteiger partial charge >= 0.3 is 0 Å². The number of hydrogen-bond acceptors (Lipinski definition) is 7. The van der Waals surface area contributed by atoms with Gasteiger partial charge in [0, 0.05) is 44.2 Å². The molecule has 0 aromatic carbocycles. The number of hydrogen-bond donors (Lipinski definition) is 2. The maximum Gasteiger partial charge on any atom is 0.276 e. The second kappa shape index (κ2) is 8.04. The highest BCUT2D eigenvalue weighted by Crippen LogP contribution is 2.20. The van der Waals surface area contributed by atoms with Crippen LogP contribution in [0.3, 0.4) is 0 Å². The Morgan fingerprint density at radius 3 is 2.62 bits per heavy atom. The first kappa shape index (κ1) is 15.8. The summed E-state index contributed by atoms with van der Waals surface area (Å²) in [6, 6.07) is 2.93. The van der Waals surface area contributed by atoms with Crippen molar-refractivity contribution in [2.45, 2.75) is 6.92 Å². The first-order valence-electron chi connectivity index (χ1n) is 7.13. The van der Waals surface area contributed by atoms with Crippen molar-refractivity contribution in [1.82, 2.24) is 9.88 Å². The number of nitro groups is 1. The smallest absolute Gasteiger partial charge is 0.276 e. The fourth-order valence-electron chi connectivity index (χ4n) is 2.15. The summed E-state index contributed by atoms with van der Waals surface area (Å²) in [7, 11) is 0. The molecule has 1 aromatic heterocycles. The molecule has 0 bridgehead atoms. The van der Waals surface area contributed by atoms with E-state index in [0.29, 0.717) is 18.2 Å². The fraction of sp³-hybridized carbons (Fsp3) is 0.615. The third-order valence-corrected chi connectivity index (χ3v) is 4.16. The molecule has 2 rings (SSSR count). The molecule has 116 valence electrons. The average molecular weight is 311 g/mol. The summed E-state index contributed by atoms with van der Waals surface area (Å²) in [5.41, 5.74) is 0.0535. The monoisotopic (exact) mass is 311 g/mol. The van der Waals surface area contributed by atoms with Gasteiger partial charge in [-0.15, -0.1) is 0 Å². The third kappa shape index (κ3) is 5.05. The molecule has 21 heavy (non-hydrogen) atoms. The molecule has 0 unspecified atom stereocenters. The lowest BCUT2D eigenvalue weighted by Crippen LogP contribution is -2.36. The van der Waals surface area contributed by atoms with E-state index in [-0.39, 0.29) is 5.69 Å². The van der Waals surface area contributed by atoms with E-state index in [2.05, 4.69) is 20.5 Å². The molecule has 2 heterocycles. The van der Waals surface area contributed by atoms with E-state index in [0.717, 1.165) is 26.2 Å². The molecule has 1 fully saturated rings. The van der Waals surface area contributed by atoms with Crippen LogP contribution in [-0.4, -0.2) is 59.0 Å². The zero-order valence-electron chi connectivity index (χ0n) is 12.2. The van der Waals surface area contributed by atoms with Gasteiger partial charge in [-0.2, -0.15) is 11.8 Å². The minimum Gasteiger partial charge on any atom is -0.370 e. The number of nitrogens with zero attached hydrogens (tertiary/aromatic N) is 3. The largest absolute Gasteiger partial charge is 0.370 e. The molecule has 1 aliphatic rings. The summed E-state index contributed by atoms with van der Waals surface area (Å²) in [4.78, 5) is 17.3. The standard InChI is InChI=1S/C13H21N5O2S/c1-2-14-12-9-11(18(19)20)10-13(16-12)15-3-4-17-5-7-21-8-6-17/h9-10H,2-8H2,1H3,(H2,14,15,16). The minimum absolute atomic E-state index is 0.0535. The Morgan fingerprint density at radius 2 is 2.00 bits per heavy atom. The number of thioether (sulfide) groups is 1. The highest BCUT2D eigenvalue weighted by molar-refractivity contribution is 7.99. The van der Waals surface area contributed by atoms with Crippen molar-refractivity contribution >= 4 is 29.1 Å². The molecule has 7 nitrogen and oxygen atoms in total. The predicted octanol–water partition coefficient (Wildman–Crippen LogP) is 1.88. The minimum atomic E-state index is -0.393. The van der Waals surface area contributed by atoms with Gasteiger partial charge in [-0.25, -0.2) is 4.98 Å². The lowest BCUT2D eigenvalue weighted by Gasteiger charge is -2.26. The van der Waals surface area contributed by atoms with Crippen LogP contribution in [0, 0.1) is 10.1 Å². The summed E-state index contributed by atoms with van der Waals surface area (Å²) < 4.78 is 0. The Labute approximate surface area is 128 Å². The molecule has 1 aliphatic heterocycles. The van der Waals surface area contributed by atoms with Gasteiger partial charge in [0.1, 0.15) is 11.6 Å². The van der Waals surface area contributed by atoms with Crippen molar-refractivity contribution in [3.63, 3.8) is 0 Å². The molecule has 8 heteroatoms. The molecule has 0 saturated carbocycles. The van der Waals surface area contributed by atoms with E-state index < -0.39 is 4.92 Å². The molecule has 0 aliphatic carbocycles. The molecule has 0 radical (unpaired) electrons. The van der Waals surface area contributed by atoms with E-state index in [4.69, 9.17) is 0 Å². The van der Waals surface area contributed by atoms with Crippen LogP contribution in [-0.2, 0) is 0 Å². The number of nitrogens with one attached hydrogen (secondary N) is 2. The fourth-order valence-corrected chi connectivity index (χ4v) is 3.13. The number of anilines is 2. The van der Waals surface area contributed by atoms with Crippen molar-refractivity contribution in [2.75, 3.05) is 54.9 Å². The van der Waals surface area contributed by atoms with E-state index in [1.807, 2.05) is 18.7 Å². The summed E-state index contributed by atoms with van der Waals surface area (Å²) >= 11 is 1.98. The van der Waals surface area contributed by atoms with Crippen molar-refractivity contribution in [3.8, 4) is 0 Å². The Morgan fingerprint density at radius 1 is 1.33 bits per heavy atom. The van der Waals surface area contributed by atoms with Gasteiger partial charge < -0.3 is 10.6 Å². The Hall–Kier alpha value is -1.54. The first-order chi connectivity index (χ1) is 10.2. The quantitative estimate of drug-likeness (QED) is 0.587. The SMILES string of the molecule is CCNc1cc([N+](=O)[O-])cc(NCCN2CCSCC2)n1. The van der Waals surface area contributed by atoms with Crippen LogP contribution in [0.1, 0.15) is 6.92 Å². The molecular formula is C13H21N5O2S. The number of pyridine rings is 1. The van der Waals surface area contributed by atoms with E-state index in [9.17, 15) is 10.1 Å². The molecule has 1 saturated heterocycles. The van der Waals surface area contributed by atoms with Gasteiger partial charge in [-0.05, 0) is 6.92 Å². The van der Waals surface area contributed by atoms with Gasteiger partial charge in [0.2, 0.25) is 0 Å². The van der Waals surface area contributed by atoms with Crippen LogP contribution in [0.25, 0.3) is 0 Å². The molecule has 0 amide bonds. The zero-order chi connectivity index (χ0) is 15.1. The van der Waals surface area contributed by atoms with E-state index >= 15 is 0 Å². The normalized spacial score (nSPS) is 15.7. The highest BCUT2D eigenvalue weighted by atomic mass is 32.2. The molecule has 2 N–H and O–H groups in total. The maximum absolute atomic E-state index is 10.9. The molecule has 0 atom stereocenters. The molecular weight excluding hydrogens is 290 g/mol. The Kier molecular flexibility index (Phi) is 6.06. The van der Waals surface area contributed by atoms with Crippen LogP contribution in [0.15, 0.2) is 12.1 Å².